The highest BCUT2D eigenvalue weighted by Gasteiger charge is 2.12. The molecule has 0 heterocycles. The van der Waals surface area contributed by atoms with Gasteiger partial charge in [0.05, 0.1) is 7.11 Å². The summed E-state index contributed by atoms with van der Waals surface area (Å²) in [6.45, 7) is 4.02. The molecule has 2 nitrogen and oxygen atoms in total. The van der Waals surface area contributed by atoms with Crippen molar-refractivity contribution >= 4 is 16.8 Å². The standard InChI is InChI=1S/C11H13ClO2/c1-7(2)10-6-8(14-3)4-5-9(10)11(12)13/h4-7H,1-3H3/i11+2. The molecule has 0 amide bonds. The maximum atomic E-state index is 11.1. The fraction of sp³-hybridized carbons (Fsp3) is 0.364. The predicted molar refractivity (Wildman–Crippen MR) is 57.3 cm³/mol. The maximum absolute atomic E-state index is 11.1. The quantitative estimate of drug-likeness (QED) is 0.723. The van der Waals surface area contributed by atoms with Crippen LogP contribution < -0.4 is 4.74 Å². The lowest BCUT2D eigenvalue weighted by molar-refractivity contribution is 0.108. The number of benzene rings is 1. The number of carbonyl (C=O) groups is 1. The summed E-state index contributed by atoms with van der Waals surface area (Å²) < 4.78 is 5.09. The Morgan fingerprint density at radius 1 is 1.43 bits per heavy atom. The van der Waals surface area contributed by atoms with Crippen LogP contribution in [-0.2, 0) is 0 Å². The molecule has 0 aliphatic rings. The Labute approximate surface area is 88.8 Å². The number of methoxy groups -OCH3 is 1. The predicted octanol–water partition coefficient (Wildman–Crippen LogP) is 3.20. The van der Waals surface area contributed by atoms with Crippen molar-refractivity contribution in [2.75, 3.05) is 7.11 Å². The first-order chi connectivity index (χ1) is 6.56. The molecule has 0 N–H and O–H groups in total. The Kier molecular flexibility index (Phi) is 3.53. The molecular weight excluding hydrogens is 202 g/mol. The van der Waals surface area contributed by atoms with Gasteiger partial charge in [0.1, 0.15) is 5.75 Å². The maximum Gasteiger partial charge on any atom is 0.252 e. The molecule has 0 aliphatic carbocycles. The summed E-state index contributed by atoms with van der Waals surface area (Å²) in [7, 11) is 1.60. The van der Waals surface area contributed by atoms with Crippen molar-refractivity contribution in [1.29, 1.82) is 0 Å². The van der Waals surface area contributed by atoms with Gasteiger partial charge in [-0.1, -0.05) is 13.8 Å². The van der Waals surface area contributed by atoms with Crippen LogP contribution in [0.15, 0.2) is 18.2 Å². The average molecular weight is 215 g/mol. The lowest BCUT2D eigenvalue weighted by Gasteiger charge is -2.11. The first-order valence-corrected chi connectivity index (χ1v) is 4.81. The van der Waals surface area contributed by atoms with Crippen molar-refractivity contribution in [2.24, 2.45) is 0 Å². The minimum absolute atomic E-state index is 0.253. The van der Waals surface area contributed by atoms with Crippen LogP contribution in [0.1, 0.15) is 35.7 Å². The molecule has 0 saturated carbocycles. The van der Waals surface area contributed by atoms with Crippen molar-refractivity contribution in [1.82, 2.24) is 0 Å². The van der Waals surface area contributed by atoms with E-state index < -0.39 is 5.24 Å². The summed E-state index contributed by atoms with van der Waals surface area (Å²) in [5.74, 6) is 0.998. The van der Waals surface area contributed by atoms with Crippen LogP contribution in [0.5, 0.6) is 5.75 Å². The molecular formula is C11H13ClO2. The number of hydrogen-bond acceptors (Lipinski definition) is 2. The second-order valence-electron chi connectivity index (χ2n) is 3.38. The summed E-state index contributed by atoms with van der Waals surface area (Å²) >= 11 is 5.47. The van der Waals surface area contributed by atoms with E-state index in [0.717, 1.165) is 11.3 Å². The Morgan fingerprint density at radius 3 is 2.50 bits per heavy atom. The van der Waals surface area contributed by atoms with Crippen LogP contribution in [0.3, 0.4) is 0 Å². The lowest BCUT2D eigenvalue weighted by Crippen LogP contribution is -2.00. The number of hydrogen-bond donors (Lipinski definition) is 0. The third kappa shape index (κ3) is 2.26. The van der Waals surface area contributed by atoms with E-state index in [0.29, 0.717) is 5.56 Å². The second kappa shape index (κ2) is 4.47. The van der Waals surface area contributed by atoms with Gasteiger partial charge in [-0.25, -0.2) is 0 Å². The molecule has 0 radical (unpaired) electrons. The molecule has 3 heteroatoms. The zero-order valence-electron chi connectivity index (χ0n) is 8.50. The van der Waals surface area contributed by atoms with Gasteiger partial charge in [0.2, 0.25) is 0 Å². The average Bonchev–Trinajstić information content (AvgIpc) is 2.16. The summed E-state index contributed by atoms with van der Waals surface area (Å²) in [6, 6.07) is 5.28. The Morgan fingerprint density at radius 2 is 2.07 bits per heavy atom. The van der Waals surface area contributed by atoms with Crippen molar-refractivity contribution in [3.63, 3.8) is 0 Å². The van der Waals surface area contributed by atoms with Crippen molar-refractivity contribution in [2.45, 2.75) is 19.8 Å². The van der Waals surface area contributed by atoms with E-state index >= 15 is 0 Å². The van der Waals surface area contributed by atoms with Gasteiger partial charge in [0.25, 0.3) is 5.24 Å². The number of halogens is 1. The van der Waals surface area contributed by atoms with Gasteiger partial charge >= 0.3 is 0 Å². The van der Waals surface area contributed by atoms with Crippen molar-refractivity contribution < 1.29 is 9.53 Å². The molecule has 0 unspecified atom stereocenters. The van der Waals surface area contributed by atoms with Crippen LogP contribution in [0.4, 0.5) is 0 Å². The van der Waals surface area contributed by atoms with E-state index in [1.54, 1.807) is 19.2 Å². The van der Waals surface area contributed by atoms with Crippen LogP contribution in [0.2, 0.25) is 0 Å². The molecule has 0 saturated heterocycles. The van der Waals surface area contributed by atoms with Gasteiger partial charge < -0.3 is 4.74 Å². The van der Waals surface area contributed by atoms with E-state index in [2.05, 4.69) is 0 Å². The van der Waals surface area contributed by atoms with Crippen molar-refractivity contribution in [3.05, 3.63) is 29.3 Å². The third-order valence-electron chi connectivity index (χ3n) is 2.09. The molecule has 76 valence electrons. The first kappa shape index (κ1) is 11.1. The fourth-order valence-corrected chi connectivity index (χ4v) is 1.50. The van der Waals surface area contributed by atoms with Crippen LogP contribution >= 0.6 is 11.6 Å². The summed E-state index contributed by atoms with van der Waals surface area (Å²) in [5.41, 5.74) is 1.48. The number of ether oxygens (including phenoxy) is 1. The first-order valence-electron chi connectivity index (χ1n) is 4.44. The molecule has 0 bridgehead atoms. The Bertz CT molecular complexity index is 345. The number of rotatable bonds is 3. The minimum atomic E-state index is -0.420. The molecule has 0 aromatic heterocycles. The Balaban J connectivity index is 3.24. The van der Waals surface area contributed by atoms with E-state index in [9.17, 15) is 4.79 Å². The SMILES string of the molecule is COc1ccc([14C](=O)Cl)c(C(C)C)c1. The van der Waals surface area contributed by atoms with Gasteiger partial charge in [-0.05, 0) is 41.3 Å². The van der Waals surface area contributed by atoms with Gasteiger partial charge in [-0.3, -0.25) is 4.79 Å². The second-order valence-corrected chi connectivity index (χ2v) is 3.72. The Hall–Kier alpha value is -1.02. The van der Waals surface area contributed by atoms with E-state index in [1.807, 2.05) is 19.9 Å². The van der Waals surface area contributed by atoms with Gasteiger partial charge in [0, 0.05) is 5.56 Å². The lowest BCUT2D eigenvalue weighted by atomic mass is 10.0. The fourth-order valence-electron chi connectivity index (χ4n) is 1.32. The van der Waals surface area contributed by atoms with Crippen LogP contribution in [0.25, 0.3) is 0 Å². The number of carbonyl (C=O) groups excluding carboxylic acids is 1. The van der Waals surface area contributed by atoms with E-state index in [-0.39, 0.29) is 5.92 Å². The zero-order valence-corrected chi connectivity index (χ0v) is 9.26. The zero-order chi connectivity index (χ0) is 10.7. The van der Waals surface area contributed by atoms with E-state index in [1.165, 1.54) is 0 Å². The monoisotopic (exact) mass is 214 g/mol. The van der Waals surface area contributed by atoms with Crippen LogP contribution in [0, 0.1) is 0 Å². The highest BCUT2D eigenvalue weighted by Crippen LogP contribution is 2.25. The highest BCUT2D eigenvalue weighted by atomic mass is 35.5. The molecule has 0 fully saturated rings. The molecule has 1 rings (SSSR count). The normalized spacial score (nSPS) is 10.4. The topological polar surface area (TPSA) is 26.3 Å². The smallest absolute Gasteiger partial charge is 0.252 e. The molecule has 0 spiro atoms. The van der Waals surface area contributed by atoms with Crippen LogP contribution in [-0.4, -0.2) is 12.4 Å². The molecule has 0 aliphatic heterocycles. The third-order valence-corrected chi connectivity index (χ3v) is 2.30. The molecule has 1 aromatic carbocycles. The molecule has 1 aromatic rings. The van der Waals surface area contributed by atoms with Gasteiger partial charge in [0.15, 0.2) is 0 Å². The molecule has 0 atom stereocenters. The summed E-state index contributed by atoms with van der Waals surface area (Å²) in [4.78, 5) is 11.1. The van der Waals surface area contributed by atoms with Crippen molar-refractivity contribution in [3.8, 4) is 5.75 Å². The minimum Gasteiger partial charge on any atom is -0.497 e. The largest absolute Gasteiger partial charge is 0.497 e. The summed E-state index contributed by atoms with van der Waals surface area (Å²) in [6.07, 6.45) is 0. The van der Waals surface area contributed by atoms with E-state index in [4.69, 9.17) is 16.3 Å². The summed E-state index contributed by atoms with van der Waals surface area (Å²) in [5, 5.41) is -0.420. The highest BCUT2D eigenvalue weighted by molar-refractivity contribution is 6.67. The van der Waals surface area contributed by atoms with Gasteiger partial charge in [-0.2, -0.15) is 0 Å². The van der Waals surface area contributed by atoms with Gasteiger partial charge in [-0.15, -0.1) is 0 Å². The molecule has 14 heavy (non-hydrogen) atoms.